The molecule has 0 saturated heterocycles. The molecule has 0 amide bonds. The maximum Gasteiger partial charge on any atom is 0.194 e. The molecule has 1 heterocycles. The van der Waals surface area contributed by atoms with Gasteiger partial charge in [-0.15, -0.1) is 0 Å². The van der Waals surface area contributed by atoms with Gasteiger partial charge in [0.05, 0.1) is 6.61 Å². The molecule has 21 heavy (non-hydrogen) atoms. The normalized spacial score (nSPS) is 15.2. The van der Waals surface area contributed by atoms with E-state index >= 15 is 0 Å². The summed E-state index contributed by atoms with van der Waals surface area (Å²) in [6, 6.07) is 7.03. The van der Waals surface area contributed by atoms with Crippen LogP contribution in [0.5, 0.6) is 5.75 Å². The smallest absolute Gasteiger partial charge is 0.194 e. The summed E-state index contributed by atoms with van der Waals surface area (Å²) in [6.45, 7) is 0.511. The second-order valence-corrected chi connectivity index (χ2v) is 4.95. The fourth-order valence-corrected chi connectivity index (χ4v) is 2.55. The largest absolute Gasteiger partial charge is 0.493 e. The molecule has 1 aliphatic rings. The minimum absolute atomic E-state index is 0.309. The van der Waals surface area contributed by atoms with Crippen LogP contribution in [0.15, 0.2) is 30.3 Å². The van der Waals surface area contributed by atoms with Gasteiger partial charge in [0.15, 0.2) is 17.5 Å². The SMILES string of the molecule is OC(c1ccc(F)c(F)c1F)c1cccc2c1OCCC2. The van der Waals surface area contributed by atoms with E-state index in [-0.39, 0.29) is 5.56 Å². The van der Waals surface area contributed by atoms with Crippen molar-refractivity contribution in [1.29, 1.82) is 0 Å². The molecule has 0 bridgehead atoms. The maximum atomic E-state index is 13.8. The van der Waals surface area contributed by atoms with E-state index in [9.17, 15) is 18.3 Å². The fourth-order valence-electron chi connectivity index (χ4n) is 2.55. The van der Waals surface area contributed by atoms with Crippen molar-refractivity contribution in [2.24, 2.45) is 0 Å². The summed E-state index contributed by atoms with van der Waals surface area (Å²) >= 11 is 0. The number of rotatable bonds is 2. The van der Waals surface area contributed by atoms with Gasteiger partial charge in [-0.2, -0.15) is 0 Å². The van der Waals surface area contributed by atoms with E-state index in [2.05, 4.69) is 0 Å². The third kappa shape index (κ3) is 2.38. The summed E-state index contributed by atoms with van der Waals surface area (Å²) in [5, 5.41) is 10.3. The Morgan fingerprint density at radius 2 is 1.81 bits per heavy atom. The standard InChI is InChI=1S/C16H13F3O2/c17-12-7-6-10(13(18)14(12)19)15(20)11-5-1-3-9-4-2-8-21-16(9)11/h1,3,5-7,15,20H,2,4,8H2. The highest BCUT2D eigenvalue weighted by molar-refractivity contribution is 5.47. The second-order valence-electron chi connectivity index (χ2n) is 4.95. The number of halogens is 3. The topological polar surface area (TPSA) is 29.5 Å². The average Bonchev–Trinajstić information content (AvgIpc) is 2.51. The monoisotopic (exact) mass is 294 g/mol. The molecular weight excluding hydrogens is 281 g/mol. The Labute approximate surface area is 119 Å². The Balaban J connectivity index is 2.07. The number of ether oxygens (including phenoxy) is 1. The lowest BCUT2D eigenvalue weighted by atomic mass is 9.95. The zero-order chi connectivity index (χ0) is 15.0. The highest BCUT2D eigenvalue weighted by atomic mass is 19.2. The van der Waals surface area contributed by atoms with Crippen molar-refractivity contribution in [3.63, 3.8) is 0 Å². The highest BCUT2D eigenvalue weighted by Gasteiger charge is 2.25. The molecule has 0 fully saturated rings. The van der Waals surface area contributed by atoms with Crippen LogP contribution in [0.3, 0.4) is 0 Å². The Kier molecular flexibility index (Phi) is 3.59. The minimum atomic E-state index is -1.59. The lowest BCUT2D eigenvalue weighted by Gasteiger charge is -2.23. The van der Waals surface area contributed by atoms with Crippen molar-refractivity contribution in [3.05, 3.63) is 64.5 Å². The third-order valence-corrected chi connectivity index (χ3v) is 3.62. The molecule has 1 N–H and O–H groups in total. The molecule has 0 radical (unpaired) electrons. The van der Waals surface area contributed by atoms with Crippen LogP contribution in [0.1, 0.15) is 29.2 Å². The number of para-hydroxylation sites is 1. The lowest BCUT2D eigenvalue weighted by molar-refractivity contribution is 0.200. The highest BCUT2D eigenvalue weighted by Crippen LogP contribution is 2.36. The molecule has 1 aliphatic heterocycles. The van der Waals surface area contributed by atoms with E-state index in [0.717, 1.165) is 30.5 Å². The van der Waals surface area contributed by atoms with Gasteiger partial charge in [-0.05, 0) is 24.5 Å². The first-order valence-corrected chi connectivity index (χ1v) is 6.65. The van der Waals surface area contributed by atoms with Gasteiger partial charge >= 0.3 is 0 Å². The number of hydrogen-bond donors (Lipinski definition) is 1. The van der Waals surface area contributed by atoms with Gasteiger partial charge in [-0.25, -0.2) is 13.2 Å². The molecule has 0 saturated carbocycles. The second kappa shape index (κ2) is 5.41. The molecule has 110 valence electrons. The van der Waals surface area contributed by atoms with Crippen LogP contribution in [-0.2, 0) is 6.42 Å². The maximum absolute atomic E-state index is 13.8. The molecular formula is C16H13F3O2. The average molecular weight is 294 g/mol. The first-order valence-electron chi connectivity index (χ1n) is 6.65. The van der Waals surface area contributed by atoms with Crippen molar-refractivity contribution < 1.29 is 23.0 Å². The Morgan fingerprint density at radius 3 is 2.62 bits per heavy atom. The zero-order valence-electron chi connectivity index (χ0n) is 11.1. The molecule has 2 nitrogen and oxygen atoms in total. The van der Waals surface area contributed by atoms with E-state index in [0.29, 0.717) is 17.9 Å². The van der Waals surface area contributed by atoms with E-state index in [1.54, 1.807) is 12.1 Å². The van der Waals surface area contributed by atoms with Gasteiger partial charge < -0.3 is 9.84 Å². The summed E-state index contributed by atoms with van der Waals surface area (Å²) in [7, 11) is 0. The molecule has 1 unspecified atom stereocenters. The Hall–Kier alpha value is -2.01. The predicted molar refractivity (Wildman–Crippen MR) is 70.6 cm³/mol. The lowest BCUT2D eigenvalue weighted by Crippen LogP contribution is -2.13. The van der Waals surface area contributed by atoms with E-state index < -0.39 is 23.6 Å². The summed E-state index contributed by atoms with van der Waals surface area (Å²) in [5.41, 5.74) is 0.967. The van der Waals surface area contributed by atoms with E-state index in [1.807, 2.05) is 6.07 Å². The first-order chi connectivity index (χ1) is 10.1. The summed E-state index contributed by atoms with van der Waals surface area (Å²) < 4.78 is 45.6. The number of benzene rings is 2. The number of hydrogen-bond acceptors (Lipinski definition) is 2. The molecule has 2 aromatic carbocycles. The van der Waals surface area contributed by atoms with Crippen LogP contribution in [-0.4, -0.2) is 11.7 Å². The van der Waals surface area contributed by atoms with Crippen LogP contribution in [0.4, 0.5) is 13.2 Å². The molecule has 3 rings (SSSR count). The predicted octanol–water partition coefficient (Wildman–Crippen LogP) is 3.51. The van der Waals surface area contributed by atoms with Crippen molar-refractivity contribution in [3.8, 4) is 5.75 Å². The van der Waals surface area contributed by atoms with Crippen molar-refractivity contribution in [2.75, 3.05) is 6.61 Å². The van der Waals surface area contributed by atoms with E-state index in [1.165, 1.54) is 0 Å². The Bertz CT molecular complexity index is 685. The minimum Gasteiger partial charge on any atom is -0.493 e. The summed E-state index contributed by atoms with van der Waals surface area (Å²) in [6.07, 6.45) is 0.260. The van der Waals surface area contributed by atoms with Crippen molar-refractivity contribution >= 4 is 0 Å². The van der Waals surface area contributed by atoms with E-state index in [4.69, 9.17) is 4.74 Å². The molecule has 1 atom stereocenters. The first kappa shape index (κ1) is 13.9. The molecule has 0 aromatic heterocycles. The van der Waals surface area contributed by atoms with Gasteiger partial charge in [-0.1, -0.05) is 24.3 Å². The number of aliphatic hydroxyl groups is 1. The van der Waals surface area contributed by atoms with Crippen LogP contribution in [0.2, 0.25) is 0 Å². The number of fused-ring (bicyclic) bond motifs is 1. The van der Waals surface area contributed by atoms with Gasteiger partial charge in [0.25, 0.3) is 0 Å². The molecule has 5 heteroatoms. The van der Waals surface area contributed by atoms with Crippen LogP contribution >= 0.6 is 0 Å². The van der Waals surface area contributed by atoms with Gasteiger partial charge in [0.2, 0.25) is 0 Å². The number of aliphatic hydroxyl groups excluding tert-OH is 1. The quantitative estimate of drug-likeness (QED) is 0.859. The molecule has 0 aliphatic carbocycles. The van der Waals surface area contributed by atoms with Gasteiger partial charge in [-0.3, -0.25) is 0 Å². The van der Waals surface area contributed by atoms with Gasteiger partial charge in [0.1, 0.15) is 11.9 Å². The molecule has 0 spiro atoms. The van der Waals surface area contributed by atoms with Gasteiger partial charge in [0, 0.05) is 11.1 Å². The summed E-state index contributed by atoms with van der Waals surface area (Å²) in [5.74, 6) is -3.75. The zero-order valence-corrected chi connectivity index (χ0v) is 11.1. The van der Waals surface area contributed by atoms with Crippen molar-refractivity contribution in [2.45, 2.75) is 18.9 Å². The molecule has 2 aromatic rings. The van der Waals surface area contributed by atoms with Crippen molar-refractivity contribution in [1.82, 2.24) is 0 Å². The third-order valence-electron chi connectivity index (χ3n) is 3.62. The van der Waals surface area contributed by atoms with Crippen LogP contribution < -0.4 is 4.74 Å². The Morgan fingerprint density at radius 1 is 1.00 bits per heavy atom. The summed E-state index contributed by atoms with van der Waals surface area (Å²) in [4.78, 5) is 0. The fraction of sp³-hybridized carbons (Fsp3) is 0.250. The number of aryl methyl sites for hydroxylation is 1. The van der Waals surface area contributed by atoms with Crippen LogP contribution in [0.25, 0.3) is 0 Å². The van der Waals surface area contributed by atoms with Crippen LogP contribution in [0, 0.1) is 17.5 Å².